The highest BCUT2D eigenvalue weighted by Gasteiger charge is 2.09. The zero-order chi connectivity index (χ0) is 12.8. The minimum absolute atomic E-state index is 0.00868. The maximum atomic E-state index is 8.60. The monoisotopic (exact) mass is 252 g/mol. The second-order valence-electron chi connectivity index (χ2n) is 3.53. The summed E-state index contributed by atoms with van der Waals surface area (Å²) in [5.74, 6) is 0.102. The van der Waals surface area contributed by atoms with Gasteiger partial charge in [-0.15, -0.1) is 0 Å². The van der Waals surface area contributed by atoms with Crippen molar-refractivity contribution in [1.82, 2.24) is 0 Å². The van der Waals surface area contributed by atoms with Gasteiger partial charge in [0.2, 0.25) is 0 Å². The molecule has 2 N–H and O–H groups in total. The highest BCUT2D eigenvalue weighted by molar-refractivity contribution is 4.56. The Morgan fingerprint density at radius 1 is 0.765 bits per heavy atom. The molecular formula is C11H24O6. The van der Waals surface area contributed by atoms with Crippen LogP contribution in [-0.2, 0) is 18.9 Å². The molecule has 0 unspecified atom stereocenters. The molecule has 0 rings (SSSR count). The normalized spacial score (nSPS) is 11.3. The number of ether oxygens (including phenoxy) is 4. The van der Waals surface area contributed by atoms with Crippen molar-refractivity contribution in [3.8, 4) is 0 Å². The van der Waals surface area contributed by atoms with E-state index in [1.807, 2.05) is 0 Å². The fourth-order valence-corrected chi connectivity index (χ4v) is 1.17. The van der Waals surface area contributed by atoms with E-state index in [0.717, 1.165) is 0 Å². The van der Waals surface area contributed by atoms with Crippen molar-refractivity contribution in [3.63, 3.8) is 0 Å². The summed E-state index contributed by atoms with van der Waals surface area (Å²) in [5, 5.41) is 17.2. The molecule has 0 saturated carbocycles. The van der Waals surface area contributed by atoms with Gasteiger partial charge in [0.1, 0.15) is 0 Å². The molecule has 0 aliphatic rings. The van der Waals surface area contributed by atoms with Gasteiger partial charge in [-0.05, 0) is 0 Å². The molecule has 6 nitrogen and oxygen atoms in total. The van der Waals surface area contributed by atoms with Crippen LogP contribution in [0.5, 0.6) is 0 Å². The Kier molecular flexibility index (Phi) is 13.6. The summed E-state index contributed by atoms with van der Waals surface area (Å²) in [7, 11) is 1.62. The average molecular weight is 252 g/mol. The summed E-state index contributed by atoms with van der Waals surface area (Å²) in [6.45, 7) is 3.19. The molecule has 0 aromatic rings. The third-order valence-electron chi connectivity index (χ3n) is 1.96. The summed E-state index contributed by atoms with van der Waals surface area (Å²) in [5.41, 5.74) is 0. The number of aliphatic hydroxyl groups is 2. The largest absolute Gasteiger partial charge is 0.394 e. The lowest BCUT2D eigenvalue weighted by atomic mass is 10.2. The smallest absolute Gasteiger partial charge is 0.0700 e. The standard InChI is InChI=1S/C11H24O6/c1-14-6-7-17-10-11(8-15-4-2-12)9-16-5-3-13/h11-13H,2-10H2,1H3. The van der Waals surface area contributed by atoms with Crippen LogP contribution < -0.4 is 0 Å². The highest BCUT2D eigenvalue weighted by atomic mass is 16.5. The molecule has 0 spiro atoms. The summed E-state index contributed by atoms with van der Waals surface area (Å²) >= 11 is 0. The second-order valence-corrected chi connectivity index (χ2v) is 3.53. The zero-order valence-corrected chi connectivity index (χ0v) is 10.5. The Morgan fingerprint density at radius 3 is 1.65 bits per heavy atom. The van der Waals surface area contributed by atoms with Gasteiger partial charge in [-0.3, -0.25) is 0 Å². The van der Waals surface area contributed by atoms with Gasteiger partial charge in [-0.2, -0.15) is 0 Å². The number of hydrogen-bond acceptors (Lipinski definition) is 6. The van der Waals surface area contributed by atoms with Gasteiger partial charge in [0.15, 0.2) is 0 Å². The highest BCUT2D eigenvalue weighted by Crippen LogP contribution is 2.00. The lowest BCUT2D eigenvalue weighted by Gasteiger charge is -2.17. The zero-order valence-electron chi connectivity index (χ0n) is 10.5. The minimum Gasteiger partial charge on any atom is -0.394 e. The van der Waals surface area contributed by atoms with Gasteiger partial charge in [-0.25, -0.2) is 0 Å². The quantitative estimate of drug-likeness (QED) is 0.421. The van der Waals surface area contributed by atoms with Gasteiger partial charge in [0, 0.05) is 13.0 Å². The Morgan fingerprint density at radius 2 is 1.24 bits per heavy atom. The van der Waals surface area contributed by atoms with Crippen molar-refractivity contribution in [2.45, 2.75) is 0 Å². The first-order valence-corrected chi connectivity index (χ1v) is 5.79. The van der Waals surface area contributed by atoms with E-state index in [1.165, 1.54) is 0 Å². The molecule has 0 fully saturated rings. The molecule has 0 aliphatic carbocycles. The molecular weight excluding hydrogens is 228 g/mol. The first-order chi connectivity index (χ1) is 8.35. The lowest BCUT2D eigenvalue weighted by Crippen LogP contribution is -2.24. The van der Waals surface area contributed by atoms with Crippen molar-refractivity contribution in [3.05, 3.63) is 0 Å². The number of rotatable bonds is 13. The van der Waals surface area contributed by atoms with E-state index in [1.54, 1.807) is 7.11 Å². The molecule has 0 saturated heterocycles. The van der Waals surface area contributed by atoms with E-state index in [-0.39, 0.29) is 19.1 Å². The van der Waals surface area contributed by atoms with Crippen LogP contribution in [0.15, 0.2) is 0 Å². The Balaban J connectivity index is 3.60. The van der Waals surface area contributed by atoms with E-state index >= 15 is 0 Å². The van der Waals surface area contributed by atoms with E-state index < -0.39 is 0 Å². The lowest BCUT2D eigenvalue weighted by molar-refractivity contribution is -0.0250. The summed E-state index contributed by atoms with van der Waals surface area (Å²) in [6.07, 6.45) is 0. The Labute approximate surface area is 102 Å². The van der Waals surface area contributed by atoms with Crippen molar-refractivity contribution in [1.29, 1.82) is 0 Å². The third kappa shape index (κ3) is 12.0. The van der Waals surface area contributed by atoms with Crippen molar-refractivity contribution in [2.75, 3.05) is 66.6 Å². The maximum Gasteiger partial charge on any atom is 0.0700 e. The summed E-state index contributed by atoms with van der Waals surface area (Å²) in [6, 6.07) is 0. The maximum absolute atomic E-state index is 8.60. The molecule has 0 aromatic carbocycles. The van der Waals surface area contributed by atoms with Crippen molar-refractivity contribution in [2.24, 2.45) is 5.92 Å². The number of methoxy groups -OCH3 is 1. The van der Waals surface area contributed by atoms with Crippen LogP contribution in [0.2, 0.25) is 0 Å². The fourth-order valence-electron chi connectivity index (χ4n) is 1.17. The summed E-state index contributed by atoms with van der Waals surface area (Å²) < 4.78 is 20.7. The fraction of sp³-hybridized carbons (Fsp3) is 1.00. The summed E-state index contributed by atoms with van der Waals surface area (Å²) in [4.78, 5) is 0. The molecule has 6 heteroatoms. The SMILES string of the molecule is COCCOCC(COCCO)COCCO. The van der Waals surface area contributed by atoms with E-state index in [9.17, 15) is 0 Å². The van der Waals surface area contributed by atoms with Crippen LogP contribution in [0.4, 0.5) is 0 Å². The number of hydrogen-bond donors (Lipinski definition) is 2. The van der Waals surface area contributed by atoms with Gasteiger partial charge < -0.3 is 29.2 Å². The van der Waals surface area contributed by atoms with Gasteiger partial charge >= 0.3 is 0 Å². The van der Waals surface area contributed by atoms with Gasteiger partial charge in [0.05, 0.1) is 59.5 Å². The van der Waals surface area contributed by atoms with Crippen LogP contribution in [0.1, 0.15) is 0 Å². The van der Waals surface area contributed by atoms with Crippen LogP contribution in [-0.4, -0.2) is 76.8 Å². The van der Waals surface area contributed by atoms with Crippen LogP contribution in [0, 0.1) is 5.92 Å². The molecule has 0 aromatic heterocycles. The van der Waals surface area contributed by atoms with E-state index in [2.05, 4.69) is 0 Å². The van der Waals surface area contributed by atoms with Crippen LogP contribution in [0.25, 0.3) is 0 Å². The van der Waals surface area contributed by atoms with Crippen molar-refractivity contribution >= 4 is 0 Å². The van der Waals surface area contributed by atoms with Gasteiger partial charge in [-0.1, -0.05) is 0 Å². The van der Waals surface area contributed by atoms with E-state index in [0.29, 0.717) is 46.2 Å². The topological polar surface area (TPSA) is 77.4 Å². The predicted molar refractivity (Wildman–Crippen MR) is 62.0 cm³/mol. The third-order valence-corrected chi connectivity index (χ3v) is 1.96. The predicted octanol–water partition coefficient (Wildman–Crippen LogP) is -0.717. The molecule has 0 aliphatic heterocycles. The minimum atomic E-state index is 0.00868. The molecule has 104 valence electrons. The molecule has 0 amide bonds. The first-order valence-electron chi connectivity index (χ1n) is 5.79. The Hall–Kier alpha value is -0.240. The van der Waals surface area contributed by atoms with Crippen LogP contribution >= 0.6 is 0 Å². The Bertz CT molecular complexity index is 134. The molecule has 0 atom stereocenters. The van der Waals surface area contributed by atoms with E-state index in [4.69, 9.17) is 29.2 Å². The molecule has 0 radical (unpaired) electrons. The molecule has 0 heterocycles. The second kappa shape index (κ2) is 13.8. The van der Waals surface area contributed by atoms with Crippen LogP contribution in [0.3, 0.4) is 0 Å². The average Bonchev–Trinajstić information content (AvgIpc) is 2.34. The van der Waals surface area contributed by atoms with Gasteiger partial charge in [0.25, 0.3) is 0 Å². The number of aliphatic hydroxyl groups excluding tert-OH is 2. The van der Waals surface area contributed by atoms with Crippen molar-refractivity contribution < 1.29 is 29.2 Å². The molecule has 0 bridgehead atoms. The molecule has 17 heavy (non-hydrogen) atoms. The first kappa shape index (κ1) is 16.8.